The zero-order chi connectivity index (χ0) is 6.16. The van der Waals surface area contributed by atoms with E-state index in [4.69, 9.17) is 14.2 Å². The normalized spacial score (nSPS) is 42.7. The minimum Gasteiger partial charge on any atom is -0.373 e. The number of rotatable bonds is 0. The van der Waals surface area contributed by atoms with Crippen LogP contribution in [0.3, 0.4) is 0 Å². The van der Waals surface area contributed by atoms with Gasteiger partial charge in [-0.2, -0.15) is 0 Å². The predicted molar refractivity (Wildman–Crippen MR) is 30.1 cm³/mol. The van der Waals surface area contributed by atoms with Gasteiger partial charge in [-0.05, 0) is 0 Å². The second-order valence-corrected chi connectivity index (χ2v) is 2.41. The molecule has 3 heteroatoms. The van der Waals surface area contributed by atoms with E-state index in [1.54, 1.807) is 0 Å². The summed E-state index contributed by atoms with van der Waals surface area (Å²) in [5, 5.41) is 0. The third kappa shape index (κ3) is 0.852. The van der Waals surface area contributed by atoms with Crippen LogP contribution in [0.15, 0.2) is 0 Å². The van der Waals surface area contributed by atoms with Crippen molar-refractivity contribution in [3.8, 4) is 0 Å². The van der Waals surface area contributed by atoms with Crippen molar-refractivity contribution in [3.63, 3.8) is 0 Å². The van der Waals surface area contributed by atoms with Gasteiger partial charge in [-0.25, -0.2) is 0 Å². The maximum Gasteiger partial charge on any atom is 0.194 e. The van der Waals surface area contributed by atoms with Gasteiger partial charge in [-0.1, -0.05) is 0 Å². The van der Waals surface area contributed by atoms with E-state index in [9.17, 15) is 0 Å². The molecule has 0 aliphatic carbocycles. The van der Waals surface area contributed by atoms with Crippen LogP contribution < -0.4 is 0 Å². The van der Waals surface area contributed by atoms with Crippen molar-refractivity contribution < 1.29 is 14.2 Å². The van der Waals surface area contributed by atoms with Gasteiger partial charge < -0.3 is 14.2 Å². The number of hydrogen-bond donors (Lipinski definition) is 0. The fraction of sp³-hybridized carbons (Fsp3) is 1.00. The van der Waals surface area contributed by atoms with Gasteiger partial charge >= 0.3 is 0 Å². The highest BCUT2D eigenvalue weighted by atomic mass is 16.7. The fourth-order valence-corrected chi connectivity index (χ4v) is 1.11. The lowest BCUT2D eigenvalue weighted by molar-refractivity contribution is -0.349. The Kier molecular flexibility index (Phi) is 1.22. The average molecular weight is 130 g/mol. The molecule has 2 rings (SSSR count). The number of hydrogen-bond acceptors (Lipinski definition) is 3. The molecule has 1 unspecified atom stereocenters. The molecule has 3 nitrogen and oxygen atoms in total. The molecular weight excluding hydrogens is 120 g/mol. The summed E-state index contributed by atoms with van der Waals surface area (Å²) in [6, 6.07) is 0. The van der Waals surface area contributed by atoms with Crippen molar-refractivity contribution >= 4 is 0 Å². The van der Waals surface area contributed by atoms with Crippen LogP contribution in [0, 0.1) is 0 Å². The van der Waals surface area contributed by atoms with Gasteiger partial charge in [-0.15, -0.1) is 0 Å². The molecule has 0 aromatic carbocycles. The largest absolute Gasteiger partial charge is 0.373 e. The molecule has 0 amide bonds. The van der Waals surface area contributed by atoms with Crippen molar-refractivity contribution in [2.45, 2.75) is 12.2 Å². The van der Waals surface area contributed by atoms with Crippen LogP contribution in [0.2, 0.25) is 0 Å². The van der Waals surface area contributed by atoms with Gasteiger partial charge in [0.1, 0.15) is 6.61 Å². The highest BCUT2D eigenvalue weighted by molar-refractivity contribution is 4.79. The zero-order valence-electron chi connectivity index (χ0n) is 5.26. The highest BCUT2D eigenvalue weighted by Crippen LogP contribution is 2.29. The van der Waals surface area contributed by atoms with Crippen molar-refractivity contribution in [2.24, 2.45) is 0 Å². The van der Waals surface area contributed by atoms with E-state index < -0.39 is 0 Å². The fourth-order valence-electron chi connectivity index (χ4n) is 1.11. The molecule has 0 aromatic rings. The average Bonchev–Trinajstić information content (AvgIpc) is 1.87. The summed E-state index contributed by atoms with van der Waals surface area (Å²) in [6.45, 7) is 2.83. The van der Waals surface area contributed by atoms with Gasteiger partial charge in [-0.3, -0.25) is 0 Å². The molecule has 0 radical (unpaired) electrons. The molecule has 0 saturated carbocycles. The van der Waals surface area contributed by atoms with Gasteiger partial charge in [0.25, 0.3) is 0 Å². The Hall–Kier alpha value is -0.120. The predicted octanol–water partition coefficient (Wildman–Crippen LogP) is 0.150. The van der Waals surface area contributed by atoms with Crippen molar-refractivity contribution in [1.82, 2.24) is 0 Å². The van der Waals surface area contributed by atoms with Crippen LogP contribution in [-0.4, -0.2) is 32.2 Å². The molecule has 2 saturated heterocycles. The van der Waals surface area contributed by atoms with E-state index in [1.165, 1.54) is 0 Å². The lowest BCUT2D eigenvalue weighted by Crippen LogP contribution is -2.53. The first-order chi connectivity index (χ1) is 4.41. The zero-order valence-corrected chi connectivity index (χ0v) is 5.26. The summed E-state index contributed by atoms with van der Waals surface area (Å²) < 4.78 is 15.7. The van der Waals surface area contributed by atoms with Crippen LogP contribution in [0.1, 0.15) is 6.42 Å². The molecule has 0 N–H and O–H groups in total. The smallest absolute Gasteiger partial charge is 0.194 e. The van der Waals surface area contributed by atoms with E-state index in [0.29, 0.717) is 19.8 Å². The molecular formula is C6H10O3. The van der Waals surface area contributed by atoms with Crippen LogP contribution in [0.4, 0.5) is 0 Å². The summed E-state index contributed by atoms with van der Waals surface area (Å²) in [5.74, 6) is -0.321. The van der Waals surface area contributed by atoms with E-state index in [2.05, 4.69) is 0 Å². The topological polar surface area (TPSA) is 27.7 Å². The molecule has 1 spiro atoms. The molecule has 0 bridgehead atoms. The third-order valence-electron chi connectivity index (χ3n) is 1.76. The van der Waals surface area contributed by atoms with E-state index in [1.807, 2.05) is 0 Å². The van der Waals surface area contributed by atoms with Crippen molar-refractivity contribution in [3.05, 3.63) is 0 Å². The maximum absolute atomic E-state index is 5.35. The van der Waals surface area contributed by atoms with Crippen LogP contribution in [0.5, 0.6) is 0 Å². The monoisotopic (exact) mass is 130 g/mol. The minimum atomic E-state index is -0.321. The first kappa shape index (κ1) is 5.65. The SMILES string of the molecule is C1COC2(CCO2)CO1. The minimum absolute atomic E-state index is 0.321. The quantitative estimate of drug-likeness (QED) is 0.467. The summed E-state index contributed by atoms with van der Waals surface area (Å²) in [6.07, 6.45) is 0.993. The molecule has 2 heterocycles. The van der Waals surface area contributed by atoms with Crippen LogP contribution in [-0.2, 0) is 14.2 Å². The van der Waals surface area contributed by atoms with Crippen molar-refractivity contribution in [2.75, 3.05) is 26.4 Å². The number of ether oxygens (including phenoxy) is 3. The Bertz CT molecular complexity index is 101. The Morgan fingerprint density at radius 3 is 2.11 bits per heavy atom. The summed E-state index contributed by atoms with van der Waals surface area (Å²) >= 11 is 0. The second-order valence-electron chi connectivity index (χ2n) is 2.41. The van der Waals surface area contributed by atoms with Gasteiger partial charge in [0.05, 0.1) is 19.8 Å². The van der Waals surface area contributed by atoms with Gasteiger partial charge in [0.15, 0.2) is 5.79 Å². The van der Waals surface area contributed by atoms with Crippen LogP contribution >= 0.6 is 0 Å². The van der Waals surface area contributed by atoms with Crippen molar-refractivity contribution in [1.29, 1.82) is 0 Å². The van der Waals surface area contributed by atoms with E-state index >= 15 is 0 Å². The molecule has 1 atom stereocenters. The lowest BCUT2D eigenvalue weighted by atomic mass is 10.1. The lowest BCUT2D eigenvalue weighted by Gasteiger charge is -2.43. The summed E-state index contributed by atoms with van der Waals surface area (Å²) in [4.78, 5) is 0. The Morgan fingerprint density at radius 2 is 1.78 bits per heavy atom. The van der Waals surface area contributed by atoms with E-state index in [-0.39, 0.29) is 5.79 Å². The molecule has 0 aromatic heterocycles. The Morgan fingerprint density at radius 1 is 1.00 bits per heavy atom. The Labute approximate surface area is 53.9 Å². The molecule has 52 valence electrons. The third-order valence-corrected chi connectivity index (χ3v) is 1.76. The summed E-state index contributed by atoms with van der Waals surface area (Å²) in [7, 11) is 0. The van der Waals surface area contributed by atoms with Gasteiger partial charge in [0, 0.05) is 6.42 Å². The van der Waals surface area contributed by atoms with E-state index in [0.717, 1.165) is 13.0 Å². The standard InChI is InChI=1S/C6H10O3/c1-2-8-6(1)5-7-3-4-9-6/h1-5H2. The molecule has 2 aliphatic rings. The Balaban J connectivity index is 1.93. The maximum atomic E-state index is 5.35. The molecule has 2 fully saturated rings. The molecule has 2 aliphatic heterocycles. The highest BCUT2D eigenvalue weighted by Gasteiger charge is 2.41. The van der Waals surface area contributed by atoms with Gasteiger partial charge in [0.2, 0.25) is 0 Å². The summed E-state index contributed by atoms with van der Waals surface area (Å²) in [5.41, 5.74) is 0. The van der Waals surface area contributed by atoms with Crippen LogP contribution in [0.25, 0.3) is 0 Å². The molecule has 9 heavy (non-hydrogen) atoms. The first-order valence-corrected chi connectivity index (χ1v) is 3.27. The second kappa shape index (κ2) is 1.94. The first-order valence-electron chi connectivity index (χ1n) is 3.27.